The third-order valence-corrected chi connectivity index (χ3v) is 7.29. The van der Waals surface area contributed by atoms with Gasteiger partial charge < -0.3 is 10.2 Å². The second-order valence-corrected chi connectivity index (χ2v) is 9.73. The second kappa shape index (κ2) is 9.11. The first kappa shape index (κ1) is 23.5. The van der Waals surface area contributed by atoms with Crippen LogP contribution in [0.15, 0.2) is 54.9 Å². The van der Waals surface area contributed by atoms with Crippen LogP contribution in [0, 0.1) is 0 Å². The van der Waals surface area contributed by atoms with Crippen molar-refractivity contribution in [3.05, 3.63) is 82.9 Å². The number of rotatable bonds is 7. The van der Waals surface area contributed by atoms with Crippen LogP contribution in [0.3, 0.4) is 0 Å². The van der Waals surface area contributed by atoms with Gasteiger partial charge in [0.1, 0.15) is 0 Å². The lowest BCUT2D eigenvalue weighted by molar-refractivity contribution is -0.141. The molecule has 1 saturated carbocycles. The number of nitrogens with zero attached hydrogens (tertiary/aromatic N) is 3. The molecule has 0 bridgehead atoms. The van der Waals surface area contributed by atoms with E-state index in [1.54, 1.807) is 19.2 Å². The molecule has 1 aromatic carbocycles. The third-order valence-electron chi connectivity index (χ3n) is 7.29. The van der Waals surface area contributed by atoms with Gasteiger partial charge in [-0.15, -0.1) is 0 Å². The van der Waals surface area contributed by atoms with E-state index in [0.29, 0.717) is 17.6 Å². The zero-order valence-electron chi connectivity index (χ0n) is 19.5. The van der Waals surface area contributed by atoms with E-state index in [1.807, 2.05) is 30.6 Å². The highest BCUT2D eigenvalue weighted by molar-refractivity contribution is 5.94. The summed E-state index contributed by atoms with van der Waals surface area (Å²) in [7, 11) is 1.56. The van der Waals surface area contributed by atoms with Crippen LogP contribution < -0.4 is 5.32 Å². The van der Waals surface area contributed by atoms with Crippen LogP contribution in [0.4, 0.5) is 13.2 Å². The van der Waals surface area contributed by atoms with E-state index in [1.165, 1.54) is 23.3 Å². The van der Waals surface area contributed by atoms with Crippen LogP contribution in [0.1, 0.15) is 58.6 Å². The Morgan fingerprint density at radius 1 is 1.17 bits per heavy atom. The maximum atomic E-state index is 12.8. The molecule has 1 amide bonds. The van der Waals surface area contributed by atoms with Gasteiger partial charge in [0.25, 0.3) is 5.91 Å². The maximum Gasteiger partial charge on any atom is 0.435 e. The Balaban J connectivity index is 1.16. The number of hydrogen-bond acceptors (Lipinski definition) is 4. The number of H-pyrrole nitrogens is 1. The van der Waals surface area contributed by atoms with Crippen molar-refractivity contribution in [2.45, 2.75) is 62.3 Å². The smallest absolute Gasteiger partial charge is 0.336 e. The molecule has 1 aliphatic carbocycles. The van der Waals surface area contributed by atoms with Crippen LogP contribution in [-0.4, -0.2) is 45.1 Å². The van der Waals surface area contributed by atoms with E-state index in [-0.39, 0.29) is 23.6 Å². The van der Waals surface area contributed by atoms with Crippen molar-refractivity contribution < 1.29 is 18.0 Å². The van der Waals surface area contributed by atoms with E-state index in [2.05, 4.69) is 26.6 Å². The van der Waals surface area contributed by atoms with Crippen molar-refractivity contribution >= 4 is 5.91 Å². The first-order valence-corrected chi connectivity index (χ1v) is 11.9. The molecule has 9 heteroatoms. The van der Waals surface area contributed by atoms with Crippen LogP contribution in [0.5, 0.6) is 0 Å². The summed E-state index contributed by atoms with van der Waals surface area (Å²) in [6.45, 7) is 0.00965. The quantitative estimate of drug-likeness (QED) is 0.519. The van der Waals surface area contributed by atoms with E-state index >= 15 is 0 Å². The molecule has 0 unspecified atom stereocenters. The van der Waals surface area contributed by atoms with Crippen LogP contribution in [-0.2, 0) is 24.6 Å². The minimum Gasteiger partial charge on any atom is -0.336 e. The maximum absolute atomic E-state index is 12.8. The molecule has 1 aliphatic heterocycles. The fourth-order valence-corrected chi connectivity index (χ4v) is 5.25. The van der Waals surface area contributed by atoms with Crippen molar-refractivity contribution in [3.8, 4) is 0 Å². The van der Waals surface area contributed by atoms with E-state index < -0.39 is 11.9 Å². The minimum atomic E-state index is -4.51. The van der Waals surface area contributed by atoms with Gasteiger partial charge in [-0.2, -0.15) is 18.3 Å². The van der Waals surface area contributed by atoms with Gasteiger partial charge in [-0.1, -0.05) is 18.2 Å². The number of nitrogens with one attached hydrogen (secondary N) is 2. The molecular weight excluding hydrogens is 455 g/mol. The summed E-state index contributed by atoms with van der Waals surface area (Å²) in [5.41, 5.74) is 2.43. The van der Waals surface area contributed by atoms with Crippen molar-refractivity contribution in [2.24, 2.45) is 0 Å². The Morgan fingerprint density at radius 2 is 1.94 bits per heavy atom. The summed E-state index contributed by atoms with van der Waals surface area (Å²) in [4.78, 5) is 18.4. The van der Waals surface area contributed by atoms with Crippen LogP contribution >= 0.6 is 0 Å². The minimum absolute atomic E-state index is 0.00965. The number of aromatic nitrogens is 3. The first-order valence-electron chi connectivity index (χ1n) is 11.9. The molecule has 35 heavy (non-hydrogen) atoms. The highest BCUT2D eigenvalue weighted by Gasteiger charge is 2.52. The van der Waals surface area contributed by atoms with Crippen molar-refractivity contribution in [3.63, 3.8) is 0 Å². The second-order valence-electron chi connectivity index (χ2n) is 9.73. The molecule has 2 N–H and O–H groups in total. The predicted molar refractivity (Wildman–Crippen MR) is 125 cm³/mol. The van der Waals surface area contributed by atoms with Crippen LogP contribution in [0.25, 0.3) is 0 Å². The van der Waals surface area contributed by atoms with Crippen molar-refractivity contribution in [1.29, 1.82) is 0 Å². The Kier molecular flexibility index (Phi) is 6.13. The Morgan fingerprint density at radius 3 is 2.57 bits per heavy atom. The summed E-state index contributed by atoms with van der Waals surface area (Å²) >= 11 is 0. The van der Waals surface area contributed by atoms with Gasteiger partial charge >= 0.3 is 6.18 Å². The van der Waals surface area contributed by atoms with Crippen molar-refractivity contribution in [2.75, 3.05) is 7.05 Å². The Labute approximate surface area is 201 Å². The van der Waals surface area contributed by atoms with Gasteiger partial charge in [0.05, 0.1) is 12.2 Å². The molecule has 2 aromatic heterocycles. The summed E-state index contributed by atoms with van der Waals surface area (Å²) in [6, 6.07) is 13.5. The molecule has 5 rings (SSSR count). The Hall–Kier alpha value is -3.20. The van der Waals surface area contributed by atoms with Gasteiger partial charge in [0.15, 0.2) is 5.69 Å². The monoisotopic (exact) mass is 483 g/mol. The first-order chi connectivity index (χ1) is 16.7. The average molecular weight is 484 g/mol. The van der Waals surface area contributed by atoms with Gasteiger partial charge in [0.2, 0.25) is 0 Å². The number of halogens is 3. The zero-order valence-corrected chi connectivity index (χ0v) is 19.5. The van der Waals surface area contributed by atoms with E-state index in [4.69, 9.17) is 0 Å². The van der Waals surface area contributed by atoms with E-state index in [0.717, 1.165) is 30.9 Å². The van der Waals surface area contributed by atoms with Gasteiger partial charge in [-0.05, 0) is 67.5 Å². The van der Waals surface area contributed by atoms with Gasteiger partial charge in [-0.25, -0.2) is 0 Å². The normalized spacial score (nSPS) is 21.1. The number of carbonyl (C=O) groups is 1. The molecule has 2 aliphatic rings. The zero-order chi connectivity index (χ0) is 24.6. The molecule has 1 saturated heterocycles. The highest BCUT2D eigenvalue weighted by atomic mass is 19.4. The average Bonchev–Trinajstić information content (AvgIpc) is 3.27. The number of pyridine rings is 1. The number of aromatic amines is 1. The summed E-state index contributed by atoms with van der Waals surface area (Å²) in [5, 5.41) is 9.47. The topological polar surface area (TPSA) is 73.9 Å². The number of carbonyl (C=O) groups excluding carboxylic acids is 1. The molecule has 2 fully saturated rings. The molecule has 3 heterocycles. The molecule has 2 atom stereocenters. The lowest BCUT2D eigenvalue weighted by Gasteiger charge is -2.24. The van der Waals surface area contributed by atoms with E-state index in [9.17, 15) is 18.0 Å². The molecule has 184 valence electrons. The molecule has 0 radical (unpaired) electrons. The highest BCUT2D eigenvalue weighted by Crippen LogP contribution is 2.53. The van der Waals surface area contributed by atoms with Gasteiger partial charge in [-0.3, -0.25) is 14.9 Å². The summed E-state index contributed by atoms with van der Waals surface area (Å²) in [5.74, 6) is -0.258. The number of hydrogen-bond donors (Lipinski definition) is 2. The van der Waals surface area contributed by atoms with Crippen molar-refractivity contribution in [1.82, 2.24) is 25.4 Å². The fourth-order valence-electron chi connectivity index (χ4n) is 5.25. The number of alkyl halides is 3. The standard InChI is InChI=1S/C26H28F3N5O/c1-34(16-21-14-23(33-32-21)26(27,28)29)24(35)18-6-4-17(5-7-18)13-20-8-9-22(31-20)25(10-11-25)19-3-2-12-30-15-19/h2-7,12,14-15,20,22,31H,8-11,13,16H2,1H3,(H,32,33)/t20-,22+/m0/s1. The molecule has 0 spiro atoms. The molecule has 3 aromatic rings. The summed E-state index contributed by atoms with van der Waals surface area (Å²) in [6.07, 6.45) is 4.84. The molecule has 6 nitrogen and oxygen atoms in total. The predicted octanol–water partition coefficient (Wildman–Crippen LogP) is 4.49. The lowest BCUT2D eigenvalue weighted by Crippen LogP contribution is -2.39. The number of amides is 1. The lowest BCUT2D eigenvalue weighted by atomic mass is 9.88. The number of benzene rings is 1. The largest absolute Gasteiger partial charge is 0.435 e. The SMILES string of the molecule is CN(Cc1cc(C(F)(F)F)n[nH]1)C(=O)c1ccc(C[C@@H]2CC[C@H](C3(c4cccnc4)CC3)N2)cc1. The Bertz CT molecular complexity index is 1170. The third kappa shape index (κ3) is 4.96. The fraction of sp³-hybridized carbons (Fsp3) is 0.423. The molecular formula is C26H28F3N5O. The summed E-state index contributed by atoms with van der Waals surface area (Å²) < 4.78 is 38.2. The van der Waals surface area contributed by atoms with Gasteiger partial charge in [0, 0.05) is 42.5 Å². The van der Waals surface area contributed by atoms with Crippen LogP contribution in [0.2, 0.25) is 0 Å².